The van der Waals surface area contributed by atoms with Gasteiger partial charge in [-0.2, -0.15) is 4.68 Å². The van der Waals surface area contributed by atoms with Crippen molar-refractivity contribution >= 4 is 33.5 Å². The maximum atomic E-state index is 13.7. The number of methoxy groups -OCH3 is 1. The number of nitrogens with one attached hydrogen (secondary N) is 2. The molecule has 2 aromatic carbocycles. The fraction of sp³-hybridized carbons (Fsp3) is 0.333. The Morgan fingerprint density at radius 3 is 2.71 bits per heavy atom. The van der Waals surface area contributed by atoms with E-state index in [2.05, 4.69) is 42.1 Å². The lowest BCUT2D eigenvalue weighted by Gasteiger charge is -2.29. The minimum absolute atomic E-state index is 0.0397. The van der Waals surface area contributed by atoms with E-state index in [1.807, 2.05) is 65.0 Å². The summed E-state index contributed by atoms with van der Waals surface area (Å²) in [4.78, 5) is 13.7. The van der Waals surface area contributed by atoms with Gasteiger partial charge in [0.15, 0.2) is 11.5 Å². The summed E-state index contributed by atoms with van der Waals surface area (Å²) in [5, 5.41) is 18.3. The summed E-state index contributed by atoms with van der Waals surface area (Å²) >= 11 is 3.61. The molecule has 10 heteroatoms. The predicted octanol–water partition coefficient (Wildman–Crippen LogP) is 4.78. The Kier molecular flexibility index (Phi) is 6.60. The first-order chi connectivity index (χ1) is 16.2. The molecule has 0 aliphatic carbocycles. The molecule has 1 unspecified atom stereocenters. The number of anilines is 2. The van der Waals surface area contributed by atoms with E-state index < -0.39 is 6.04 Å². The smallest absolute Gasteiger partial charge is 0.255 e. The van der Waals surface area contributed by atoms with Crippen LogP contribution in [0.25, 0.3) is 0 Å². The molecule has 1 amide bonds. The monoisotopic (exact) mass is 526 g/mol. The number of nitrogens with zero attached hydrogens (tertiary/aromatic N) is 4. The van der Waals surface area contributed by atoms with Gasteiger partial charge in [-0.3, -0.25) is 4.79 Å². The Hall–Kier alpha value is -3.40. The molecule has 0 bridgehead atoms. The van der Waals surface area contributed by atoms with E-state index in [9.17, 15) is 4.79 Å². The zero-order valence-corrected chi connectivity index (χ0v) is 21.5. The number of hydrogen-bond donors (Lipinski definition) is 2. The Bertz CT molecular complexity index is 1280. The van der Waals surface area contributed by atoms with Crippen LogP contribution in [0.3, 0.4) is 0 Å². The van der Waals surface area contributed by atoms with E-state index in [1.54, 1.807) is 11.8 Å². The van der Waals surface area contributed by atoms with E-state index >= 15 is 0 Å². The van der Waals surface area contributed by atoms with Crippen LogP contribution < -0.4 is 20.1 Å². The van der Waals surface area contributed by atoms with Crippen LogP contribution in [-0.2, 0) is 4.79 Å². The molecule has 0 saturated carbocycles. The molecular formula is C24H27BrN6O3. The fourth-order valence-electron chi connectivity index (χ4n) is 3.94. The fourth-order valence-corrected chi connectivity index (χ4v) is 4.49. The summed E-state index contributed by atoms with van der Waals surface area (Å²) in [6.07, 6.45) is -0.0397. The molecule has 34 heavy (non-hydrogen) atoms. The van der Waals surface area contributed by atoms with Gasteiger partial charge in [-0.05, 0) is 95.9 Å². The van der Waals surface area contributed by atoms with E-state index in [0.29, 0.717) is 33.2 Å². The van der Waals surface area contributed by atoms with Gasteiger partial charge in [-0.1, -0.05) is 17.2 Å². The van der Waals surface area contributed by atoms with Crippen molar-refractivity contribution in [1.29, 1.82) is 0 Å². The summed E-state index contributed by atoms with van der Waals surface area (Å²) in [5.74, 6) is 1.33. The van der Waals surface area contributed by atoms with Crippen LogP contribution in [0.4, 0.5) is 11.6 Å². The number of rotatable bonds is 6. The summed E-state index contributed by atoms with van der Waals surface area (Å²) in [6.45, 7) is 9.73. The largest absolute Gasteiger partial charge is 0.493 e. The van der Waals surface area contributed by atoms with E-state index in [4.69, 9.17) is 9.47 Å². The van der Waals surface area contributed by atoms with Crippen LogP contribution in [0.1, 0.15) is 43.5 Å². The summed E-state index contributed by atoms with van der Waals surface area (Å²) in [6, 6.07) is 8.99. The van der Waals surface area contributed by atoms with Gasteiger partial charge in [0.05, 0.1) is 23.3 Å². The number of carbonyl (C=O) groups excluding carboxylic acids is 1. The van der Waals surface area contributed by atoms with Gasteiger partial charge in [-0.15, -0.1) is 0 Å². The van der Waals surface area contributed by atoms with Crippen LogP contribution in [0.2, 0.25) is 0 Å². The van der Waals surface area contributed by atoms with Crippen LogP contribution in [0.5, 0.6) is 11.5 Å². The minimum atomic E-state index is -0.588. The Labute approximate surface area is 206 Å². The number of carbonyl (C=O) groups is 1. The third kappa shape index (κ3) is 4.37. The lowest BCUT2D eigenvalue weighted by Crippen LogP contribution is -2.31. The molecule has 2 N–H and O–H groups in total. The van der Waals surface area contributed by atoms with Gasteiger partial charge in [0, 0.05) is 11.4 Å². The van der Waals surface area contributed by atoms with Gasteiger partial charge in [0.1, 0.15) is 6.04 Å². The van der Waals surface area contributed by atoms with Crippen LogP contribution in [-0.4, -0.2) is 39.3 Å². The van der Waals surface area contributed by atoms with Gasteiger partial charge in [-0.25, -0.2) is 0 Å². The maximum absolute atomic E-state index is 13.7. The van der Waals surface area contributed by atoms with Crippen molar-refractivity contribution in [3.63, 3.8) is 0 Å². The SMILES string of the molecule is COc1cc(C2C(C(=O)Nc3cccc(C)c3C)=C(C)Nc3nnnn32)cc(Br)c1OC(C)C. The second kappa shape index (κ2) is 9.46. The van der Waals surface area contributed by atoms with Crippen molar-refractivity contribution < 1.29 is 14.3 Å². The Balaban J connectivity index is 1.81. The first-order valence-corrected chi connectivity index (χ1v) is 11.7. The molecule has 3 aromatic rings. The lowest BCUT2D eigenvalue weighted by molar-refractivity contribution is -0.113. The molecule has 178 valence electrons. The number of allylic oxidation sites excluding steroid dienone is 1. The summed E-state index contributed by atoms with van der Waals surface area (Å²) in [7, 11) is 1.58. The van der Waals surface area contributed by atoms with E-state index in [0.717, 1.165) is 22.4 Å². The number of hydrogen-bond acceptors (Lipinski definition) is 7. The van der Waals surface area contributed by atoms with Crippen molar-refractivity contribution in [3.05, 3.63) is 62.8 Å². The Morgan fingerprint density at radius 2 is 2.00 bits per heavy atom. The number of fused-ring (bicyclic) bond motifs is 1. The zero-order chi connectivity index (χ0) is 24.6. The number of tetrazole rings is 1. The molecule has 1 aliphatic heterocycles. The van der Waals surface area contributed by atoms with Crippen LogP contribution in [0, 0.1) is 13.8 Å². The van der Waals surface area contributed by atoms with Gasteiger partial charge < -0.3 is 20.1 Å². The van der Waals surface area contributed by atoms with Gasteiger partial charge in [0.25, 0.3) is 5.91 Å². The van der Waals surface area contributed by atoms with Crippen molar-refractivity contribution in [3.8, 4) is 11.5 Å². The number of aryl methyl sites for hydroxylation is 1. The lowest BCUT2D eigenvalue weighted by atomic mass is 9.94. The molecule has 0 saturated heterocycles. The van der Waals surface area contributed by atoms with Gasteiger partial charge >= 0.3 is 0 Å². The van der Waals surface area contributed by atoms with Crippen LogP contribution >= 0.6 is 15.9 Å². The average Bonchev–Trinajstić information content (AvgIpc) is 3.24. The van der Waals surface area contributed by atoms with E-state index in [1.165, 1.54) is 0 Å². The highest BCUT2D eigenvalue weighted by Gasteiger charge is 2.35. The molecular weight excluding hydrogens is 500 g/mol. The molecule has 9 nitrogen and oxygen atoms in total. The summed E-state index contributed by atoms with van der Waals surface area (Å²) < 4.78 is 13.9. The van der Waals surface area contributed by atoms with E-state index in [-0.39, 0.29) is 12.0 Å². The van der Waals surface area contributed by atoms with Crippen molar-refractivity contribution in [1.82, 2.24) is 20.2 Å². The highest BCUT2D eigenvalue weighted by molar-refractivity contribution is 9.10. The number of amides is 1. The molecule has 1 aliphatic rings. The maximum Gasteiger partial charge on any atom is 0.255 e. The molecule has 0 radical (unpaired) electrons. The van der Waals surface area contributed by atoms with Crippen molar-refractivity contribution in [2.45, 2.75) is 46.8 Å². The number of halogens is 1. The molecule has 1 aromatic heterocycles. The molecule has 4 rings (SSSR count). The third-order valence-electron chi connectivity index (χ3n) is 5.73. The molecule has 1 atom stereocenters. The van der Waals surface area contributed by atoms with Crippen LogP contribution in [0.15, 0.2) is 46.1 Å². The minimum Gasteiger partial charge on any atom is -0.493 e. The zero-order valence-electron chi connectivity index (χ0n) is 19.9. The number of ether oxygens (including phenoxy) is 2. The highest BCUT2D eigenvalue weighted by Crippen LogP contribution is 2.43. The molecule has 0 fully saturated rings. The standard InChI is InChI=1S/C24H27BrN6O3/c1-12(2)34-22-17(25)10-16(11-19(22)33-6)21-20(15(5)26-24-28-29-30-31(21)24)23(32)27-18-9-7-8-13(3)14(18)4/h7-12,21H,1-6H3,(H,27,32)(H,26,28,30). The first-order valence-electron chi connectivity index (χ1n) is 10.9. The normalized spacial score (nSPS) is 15.1. The highest BCUT2D eigenvalue weighted by atomic mass is 79.9. The summed E-state index contributed by atoms with van der Waals surface area (Å²) in [5.41, 5.74) is 4.78. The second-order valence-electron chi connectivity index (χ2n) is 8.42. The number of benzene rings is 2. The topological polar surface area (TPSA) is 103 Å². The van der Waals surface area contributed by atoms with Crippen molar-refractivity contribution in [2.75, 3.05) is 17.7 Å². The third-order valence-corrected chi connectivity index (χ3v) is 6.32. The predicted molar refractivity (Wildman–Crippen MR) is 133 cm³/mol. The van der Waals surface area contributed by atoms with Crippen molar-refractivity contribution in [2.24, 2.45) is 0 Å². The number of aromatic nitrogens is 4. The molecule has 2 heterocycles. The average molecular weight is 527 g/mol. The first kappa shape index (κ1) is 23.7. The van der Waals surface area contributed by atoms with Gasteiger partial charge in [0.2, 0.25) is 5.95 Å². The Morgan fingerprint density at radius 1 is 1.24 bits per heavy atom. The molecule has 0 spiro atoms. The second-order valence-corrected chi connectivity index (χ2v) is 9.27. The quantitative estimate of drug-likeness (QED) is 0.476.